The molecule has 0 spiro atoms. The molecule has 4 saturated carbocycles. The first-order valence-corrected chi connectivity index (χ1v) is 8.72. The monoisotopic (exact) mass is 340 g/mol. The molecule has 3 atom stereocenters. The highest BCUT2D eigenvalue weighted by Gasteiger charge is 2.57. The van der Waals surface area contributed by atoms with E-state index in [1.165, 1.54) is 0 Å². The maximum absolute atomic E-state index is 13.4. The number of ether oxygens (including phenoxy) is 2. The van der Waals surface area contributed by atoms with Crippen molar-refractivity contribution in [3.05, 3.63) is 0 Å². The number of hydrogen-bond acceptors (Lipinski definition) is 5. The van der Waals surface area contributed by atoms with Gasteiger partial charge in [-0.2, -0.15) is 0 Å². The van der Waals surface area contributed by atoms with E-state index in [1.807, 2.05) is 0 Å². The summed E-state index contributed by atoms with van der Waals surface area (Å²) in [5, 5.41) is 0. The molecule has 4 rings (SSSR count). The Bertz CT molecular complexity index is 546. The second-order valence-electron chi connectivity index (χ2n) is 8.32. The van der Waals surface area contributed by atoms with E-state index < -0.39 is 29.1 Å². The topological polar surface area (TPSA) is 69.7 Å². The van der Waals surface area contributed by atoms with Crippen molar-refractivity contribution in [3.8, 4) is 0 Å². The molecule has 0 amide bonds. The molecule has 5 nitrogen and oxygen atoms in total. The van der Waals surface area contributed by atoms with Crippen molar-refractivity contribution >= 4 is 17.7 Å². The molecule has 4 aliphatic rings. The molecule has 0 aliphatic heterocycles. The summed E-state index contributed by atoms with van der Waals surface area (Å²) in [4.78, 5) is 36.0. The number of hydrogen-bond donors (Lipinski definition) is 0. The maximum atomic E-state index is 13.4. The Balaban J connectivity index is 1.57. The number of halogens is 1. The number of rotatable bonds is 5. The van der Waals surface area contributed by atoms with Gasteiger partial charge in [-0.05, 0) is 58.8 Å². The largest absolute Gasteiger partial charge is 0.462 e. The minimum atomic E-state index is -2.08. The van der Waals surface area contributed by atoms with Gasteiger partial charge in [0.25, 0.3) is 0 Å². The van der Waals surface area contributed by atoms with Crippen molar-refractivity contribution in [1.82, 2.24) is 0 Å². The summed E-state index contributed by atoms with van der Waals surface area (Å²) in [6.45, 7) is 3.64. The Hall–Kier alpha value is -1.46. The van der Waals surface area contributed by atoms with E-state index in [4.69, 9.17) is 9.47 Å². The SMILES string of the molecule is CC(COC(=O)C(C)(C)F)C(=O)OC12CC3CC(C1)C(=O)C(C3)C2. The second kappa shape index (κ2) is 5.81. The van der Waals surface area contributed by atoms with Gasteiger partial charge in [-0.15, -0.1) is 0 Å². The Morgan fingerprint density at radius 1 is 1.25 bits per heavy atom. The van der Waals surface area contributed by atoms with Crippen LogP contribution in [0.1, 0.15) is 52.9 Å². The Kier molecular flexibility index (Phi) is 4.21. The first kappa shape index (κ1) is 17.4. The first-order valence-electron chi connectivity index (χ1n) is 8.72. The first-order chi connectivity index (χ1) is 11.1. The highest BCUT2D eigenvalue weighted by molar-refractivity contribution is 5.86. The van der Waals surface area contributed by atoms with Crippen LogP contribution in [0, 0.1) is 23.7 Å². The zero-order chi connectivity index (χ0) is 17.7. The lowest BCUT2D eigenvalue weighted by Gasteiger charge is -2.54. The molecule has 0 aromatic carbocycles. The molecule has 0 heterocycles. The summed E-state index contributed by atoms with van der Waals surface area (Å²) < 4.78 is 24.1. The van der Waals surface area contributed by atoms with Crippen molar-refractivity contribution in [2.24, 2.45) is 23.7 Å². The molecule has 0 aromatic heterocycles. The lowest BCUT2D eigenvalue weighted by molar-refractivity contribution is -0.194. The summed E-state index contributed by atoms with van der Waals surface area (Å²) >= 11 is 0. The number of Topliss-reactive ketones (excluding diaryl/α,β-unsaturated/α-hetero) is 1. The van der Waals surface area contributed by atoms with E-state index in [2.05, 4.69) is 0 Å². The fraction of sp³-hybridized carbons (Fsp3) is 0.833. The zero-order valence-corrected chi connectivity index (χ0v) is 14.5. The van der Waals surface area contributed by atoms with Crippen LogP contribution in [0.3, 0.4) is 0 Å². The summed E-state index contributed by atoms with van der Waals surface area (Å²) in [6, 6.07) is 0. The Labute approximate surface area is 141 Å². The highest BCUT2D eigenvalue weighted by Crippen LogP contribution is 2.55. The van der Waals surface area contributed by atoms with Gasteiger partial charge in [0.05, 0.1) is 5.92 Å². The lowest BCUT2D eigenvalue weighted by Crippen LogP contribution is -2.57. The van der Waals surface area contributed by atoms with Crippen LogP contribution < -0.4 is 0 Å². The Morgan fingerprint density at radius 3 is 2.38 bits per heavy atom. The van der Waals surface area contributed by atoms with Gasteiger partial charge in [0.1, 0.15) is 18.0 Å². The van der Waals surface area contributed by atoms with Gasteiger partial charge in [0.15, 0.2) is 0 Å². The number of alkyl halides is 1. The minimum Gasteiger partial charge on any atom is -0.462 e. The molecule has 4 aliphatic carbocycles. The van der Waals surface area contributed by atoms with Crippen molar-refractivity contribution < 1.29 is 28.2 Å². The lowest BCUT2D eigenvalue weighted by atomic mass is 9.53. The molecule has 24 heavy (non-hydrogen) atoms. The van der Waals surface area contributed by atoms with Gasteiger partial charge >= 0.3 is 11.9 Å². The number of esters is 2. The predicted octanol–water partition coefficient (Wildman–Crippen LogP) is 2.60. The van der Waals surface area contributed by atoms with Crippen LogP contribution in [0.4, 0.5) is 4.39 Å². The van der Waals surface area contributed by atoms with Gasteiger partial charge in [-0.25, -0.2) is 9.18 Å². The molecule has 0 aromatic rings. The van der Waals surface area contributed by atoms with E-state index in [0.29, 0.717) is 24.5 Å². The summed E-state index contributed by atoms with van der Waals surface area (Å²) in [5.74, 6) is -1.20. The molecule has 0 radical (unpaired) electrons. The highest BCUT2D eigenvalue weighted by atomic mass is 19.1. The normalized spacial score (nSPS) is 35.7. The van der Waals surface area contributed by atoms with Crippen LogP contribution in [-0.2, 0) is 23.9 Å². The van der Waals surface area contributed by atoms with Crippen molar-refractivity contribution in [2.45, 2.75) is 64.1 Å². The van der Waals surface area contributed by atoms with Gasteiger partial charge in [0, 0.05) is 11.8 Å². The van der Waals surface area contributed by atoms with E-state index in [0.717, 1.165) is 33.1 Å². The Morgan fingerprint density at radius 2 is 1.83 bits per heavy atom. The number of carbonyl (C=O) groups is 3. The summed E-state index contributed by atoms with van der Waals surface area (Å²) in [7, 11) is 0. The van der Waals surface area contributed by atoms with Crippen LogP contribution in [0.25, 0.3) is 0 Å². The molecule has 0 N–H and O–H groups in total. The molecular formula is C18H25FO5. The van der Waals surface area contributed by atoms with Crippen LogP contribution in [-0.4, -0.2) is 35.6 Å². The van der Waals surface area contributed by atoms with Gasteiger partial charge in [-0.3, -0.25) is 9.59 Å². The van der Waals surface area contributed by atoms with Crippen molar-refractivity contribution in [3.63, 3.8) is 0 Å². The molecule has 4 fully saturated rings. The number of carbonyl (C=O) groups excluding carboxylic acids is 3. The molecule has 6 heteroatoms. The second-order valence-corrected chi connectivity index (χ2v) is 8.32. The average Bonchev–Trinajstić information content (AvgIpc) is 2.47. The van der Waals surface area contributed by atoms with Gasteiger partial charge in [-0.1, -0.05) is 0 Å². The van der Waals surface area contributed by atoms with Gasteiger partial charge < -0.3 is 9.47 Å². The molecule has 4 bridgehead atoms. The van der Waals surface area contributed by atoms with Crippen LogP contribution >= 0.6 is 0 Å². The third-order valence-corrected chi connectivity index (χ3v) is 5.61. The third kappa shape index (κ3) is 3.20. The zero-order valence-electron chi connectivity index (χ0n) is 14.5. The van der Waals surface area contributed by atoms with Crippen LogP contribution in [0.2, 0.25) is 0 Å². The standard InChI is InChI=1S/C18H25FO5/c1-10(9-23-16(22)17(2,3)19)15(21)24-18-6-11-4-12(7-18)14(20)13(5-11)8-18/h10-13H,4-9H2,1-3H3. The van der Waals surface area contributed by atoms with Crippen LogP contribution in [0.15, 0.2) is 0 Å². The van der Waals surface area contributed by atoms with Crippen LogP contribution in [0.5, 0.6) is 0 Å². The average molecular weight is 340 g/mol. The smallest absolute Gasteiger partial charge is 0.343 e. The maximum Gasteiger partial charge on any atom is 0.343 e. The quantitative estimate of drug-likeness (QED) is 0.720. The molecule has 134 valence electrons. The van der Waals surface area contributed by atoms with Crippen molar-refractivity contribution in [1.29, 1.82) is 0 Å². The molecular weight excluding hydrogens is 315 g/mol. The van der Waals surface area contributed by atoms with E-state index >= 15 is 0 Å². The molecule has 0 saturated heterocycles. The summed E-state index contributed by atoms with van der Waals surface area (Å²) in [5.41, 5.74) is -2.61. The fourth-order valence-corrected chi connectivity index (χ4v) is 4.55. The van der Waals surface area contributed by atoms with E-state index in [1.54, 1.807) is 6.92 Å². The fourth-order valence-electron chi connectivity index (χ4n) is 4.55. The number of ketones is 1. The molecule has 3 unspecified atom stereocenters. The third-order valence-electron chi connectivity index (χ3n) is 5.61. The van der Waals surface area contributed by atoms with E-state index in [-0.39, 0.29) is 18.4 Å². The predicted molar refractivity (Wildman–Crippen MR) is 82.7 cm³/mol. The summed E-state index contributed by atoms with van der Waals surface area (Å²) in [6.07, 6.45) is 3.91. The minimum absolute atomic E-state index is 0.0320. The van der Waals surface area contributed by atoms with Gasteiger partial charge in [0.2, 0.25) is 5.67 Å². The van der Waals surface area contributed by atoms with E-state index in [9.17, 15) is 18.8 Å². The van der Waals surface area contributed by atoms with Crippen molar-refractivity contribution in [2.75, 3.05) is 6.61 Å².